The van der Waals surface area contributed by atoms with Crippen molar-refractivity contribution in [2.24, 2.45) is 0 Å². The Morgan fingerprint density at radius 2 is 1.85 bits per heavy atom. The molecule has 0 aromatic heterocycles. The van der Waals surface area contributed by atoms with Crippen LogP contribution in [0.4, 0.5) is 10.1 Å². The molecule has 0 unspecified atom stereocenters. The molecule has 5 heteroatoms. The average Bonchev–Trinajstić information content (AvgIpc) is 2.38. The summed E-state index contributed by atoms with van der Waals surface area (Å²) in [5.74, 6) is -1.03. The van der Waals surface area contributed by atoms with Gasteiger partial charge in [-0.1, -0.05) is 19.9 Å². The summed E-state index contributed by atoms with van der Waals surface area (Å²) in [6, 6.07) is 5.61. The number of carbonyl (C=O) groups excluding carboxylic acids is 2. The van der Waals surface area contributed by atoms with E-state index in [1.54, 1.807) is 11.0 Å². The summed E-state index contributed by atoms with van der Waals surface area (Å²) in [7, 11) is 0. The molecule has 0 radical (unpaired) electrons. The van der Waals surface area contributed by atoms with Crippen molar-refractivity contribution in [2.75, 3.05) is 18.4 Å². The van der Waals surface area contributed by atoms with Gasteiger partial charge in [0.1, 0.15) is 12.2 Å². The van der Waals surface area contributed by atoms with Crippen molar-refractivity contribution in [1.82, 2.24) is 4.90 Å². The zero-order chi connectivity index (χ0) is 15.0. The van der Waals surface area contributed by atoms with Gasteiger partial charge in [-0.15, -0.1) is 0 Å². The first-order chi connectivity index (χ1) is 9.56. The molecule has 0 atom stereocenters. The fraction of sp³-hybridized carbons (Fsp3) is 0.467. The molecule has 2 amide bonds. The normalized spacial score (nSPS) is 10.2. The highest BCUT2D eigenvalue weighted by Gasteiger charge is 2.16. The summed E-state index contributed by atoms with van der Waals surface area (Å²) < 4.78 is 13.0. The minimum atomic E-state index is -0.423. The largest absolute Gasteiger partial charge is 0.342 e. The summed E-state index contributed by atoms with van der Waals surface area (Å²) >= 11 is 0. The molecule has 0 spiro atoms. The number of nitrogens with one attached hydrogen (secondary N) is 1. The zero-order valence-electron chi connectivity index (χ0n) is 12.0. The van der Waals surface area contributed by atoms with Crippen LogP contribution in [-0.4, -0.2) is 29.8 Å². The minimum absolute atomic E-state index is 0.192. The summed E-state index contributed by atoms with van der Waals surface area (Å²) in [5, 5.41) is 2.53. The number of benzene rings is 1. The number of rotatable bonds is 7. The molecule has 0 saturated heterocycles. The lowest BCUT2D eigenvalue weighted by Crippen LogP contribution is -2.35. The maximum atomic E-state index is 13.0. The van der Waals surface area contributed by atoms with Gasteiger partial charge < -0.3 is 10.2 Å². The standard InChI is InChI=1S/C15H21FN2O2/c1-3-8-18(9-4-2)15(20)11-14(19)17-13-7-5-6-12(16)10-13/h5-7,10H,3-4,8-9,11H2,1-2H3,(H,17,19). The van der Waals surface area contributed by atoms with Crippen LogP contribution in [0.25, 0.3) is 0 Å². The van der Waals surface area contributed by atoms with Crippen molar-refractivity contribution in [3.63, 3.8) is 0 Å². The van der Waals surface area contributed by atoms with Crippen LogP contribution < -0.4 is 5.32 Å². The monoisotopic (exact) mass is 280 g/mol. The number of anilines is 1. The van der Waals surface area contributed by atoms with Gasteiger partial charge in [-0.2, -0.15) is 0 Å². The molecule has 0 bridgehead atoms. The lowest BCUT2D eigenvalue weighted by molar-refractivity contribution is -0.134. The molecule has 0 saturated carbocycles. The Kier molecular flexibility index (Phi) is 6.70. The van der Waals surface area contributed by atoms with Crippen LogP contribution in [-0.2, 0) is 9.59 Å². The first kappa shape index (κ1) is 16.1. The van der Waals surface area contributed by atoms with Crippen LogP contribution in [0.1, 0.15) is 33.1 Å². The predicted octanol–water partition coefficient (Wildman–Crippen LogP) is 2.80. The van der Waals surface area contributed by atoms with Crippen LogP contribution in [0.2, 0.25) is 0 Å². The number of halogens is 1. The van der Waals surface area contributed by atoms with E-state index in [-0.39, 0.29) is 12.3 Å². The van der Waals surface area contributed by atoms with Gasteiger partial charge in [0.2, 0.25) is 11.8 Å². The molecule has 4 nitrogen and oxygen atoms in total. The third-order valence-corrected chi connectivity index (χ3v) is 2.76. The molecule has 0 aliphatic carbocycles. The number of nitrogens with zero attached hydrogens (tertiary/aromatic N) is 1. The quantitative estimate of drug-likeness (QED) is 0.781. The smallest absolute Gasteiger partial charge is 0.233 e. The van der Waals surface area contributed by atoms with E-state index in [1.807, 2.05) is 13.8 Å². The topological polar surface area (TPSA) is 49.4 Å². The number of carbonyl (C=O) groups is 2. The fourth-order valence-corrected chi connectivity index (χ4v) is 1.92. The number of hydrogen-bond donors (Lipinski definition) is 1. The Morgan fingerprint density at radius 3 is 2.40 bits per heavy atom. The second kappa shape index (κ2) is 8.30. The van der Waals surface area contributed by atoms with Crippen LogP contribution in [0.5, 0.6) is 0 Å². The maximum Gasteiger partial charge on any atom is 0.233 e. The van der Waals surface area contributed by atoms with Gasteiger partial charge in [-0.05, 0) is 31.0 Å². The summed E-state index contributed by atoms with van der Waals surface area (Å²) in [6.45, 7) is 5.28. The van der Waals surface area contributed by atoms with Gasteiger partial charge in [0.25, 0.3) is 0 Å². The highest BCUT2D eigenvalue weighted by molar-refractivity contribution is 6.03. The average molecular weight is 280 g/mol. The Morgan fingerprint density at radius 1 is 1.20 bits per heavy atom. The highest BCUT2D eigenvalue weighted by Crippen LogP contribution is 2.10. The summed E-state index contributed by atoms with van der Waals surface area (Å²) in [5.41, 5.74) is 0.361. The third-order valence-electron chi connectivity index (χ3n) is 2.76. The van der Waals surface area contributed by atoms with Gasteiger partial charge >= 0.3 is 0 Å². The van der Waals surface area contributed by atoms with E-state index in [9.17, 15) is 14.0 Å². The van der Waals surface area contributed by atoms with Crippen LogP contribution in [0, 0.1) is 5.82 Å². The molecule has 110 valence electrons. The Hall–Kier alpha value is -1.91. The SMILES string of the molecule is CCCN(CCC)C(=O)CC(=O)Nc1cccc(F)c1. The van der Waals surface area contributed by atoms with Crippen molar-refractivity contribution in [2.45, 2.75) is 33.1 Å². The van der Waals surface area contributed by atoms with E-state index in [0.717, 1.165) is 12.8 Å². The van der Waals surface area contributed by atoms with E-state index in [0.29, 0.717) is 18.8 Å². The van der Waals surface area contributed by atoms with Crippen molar-refractivity contribution in [1.29, 1.82) is 0 Å². The maximum absolute atomic E-state index is 13.0. The Labute approximate surface area is 119 Å². The second-order valence-electron chi connectivity index (χ2n) is 4.62. The van der Waals surface area contributed by atoms with Crippen molar-refractivity contribution < 1.29 is 14.0 Å². The fourth-order valence-electron chi connectivity index (χ4n) is 1.92. The minimum Gasteiger partial charge on any atom is -0.342 e. The molecule has 0 aliphatic heterocycles. The van der Waals surface area contributed by atoms with Crippen molar-refractivity contribution in [3.8, 4) is 0 Å². The summed E-state index contributed by atoms with van der Waals surface area (Å²) in [6.07, 6.45) is 1.50. The van der Waals surface area contributed by atoms with Crippen molar-refractivity contribution in [3.05, 3.63) is 30.1 Å². The van der Waals surface area contributed by atoms with Crippen LogP contribution in [0.3, 0.4) is 0 Å². The molecule has 1 aromatic carbocycles. The Bertz CT molecular complexity index is 457. The van der Waals surface area contributed by atoms with Crippen molar-refractivity contribution >= 4 is 17.5 Å². The van der Waals surface area contributed by atoms with Crippen LogP contribution in [0.15, 0.2) is 24.3 Å². The van der Waals surface area contributed by atoms with Crippen LogP contribution >= 0.6 is 0 Å². The van der Waals surface area contributed by atoms with E-state index in [2.05, 4.69) is 5.32 Å². The molecule has 1 aromatic rings. The third kappa shape index (κ3) is 5.38. The Balaban J connectivity index is 2.54. The molecule has 1 N–H and O–H groups in total. The van der Waals surface area contributed by atoms with Gasteiger partial charge in [0, 0.05) is 18.8 Å². The first-order valence-electron chi connectivity index (χ1n) is 6.90. The zero-order valence-corrected chi connectivity index (χ0v) is 12.0. The molecule has 1 rings (SSSR count). The highest BCUT2D eigenvalue weighted by atomic mass is 19.1. The molecular weight excluding hydrogens is 259 g/mol. The van der Waals surface area contributed by atoms with E-state index >= 15 is 0 Å². The molecule has 20 heavy (non-hydrogen) atoms. The number of hydrogen-bond acceptors (Lipinski definition) is 2. The molecule has 0 aliphatic rings. The summed E-state index contributed by atoms with van der Waals surface area (Å²) in [4.78, 5) is 25.4. The molecular formula is C15H21FN2O2. The van der Waals surface area contributed by atoms with E-state index < -0.39 is 11.7 Å². The molecule has 0 fully saturated rings. The van der Waals surface area contributed by atoms with E-state index in [4.69, 9.17) is 0 Å². The van der Waals surface area contributed by atoms with E-state index in [1.165, 1.54) is 18.2 Å². The first-order valence-corrected chi connectivity index (χ1v) is 6.90. The molecule has 0 heterocycles. The van der Waals surface area contributed by atoms with Gasteiger partial charge in [-0.25, -0.2) is 4.39 Å². The van der Waals surface area contributed by atoms with Gasteiger partial charge in [-0.3, -0.25) is 9.59 Å². The second-order valence-corrected chi connectivity index (χ2v) is 4.62. The van der Waals surface area contributed by atoms with Gasteiger partial charge in [0.15, 0.2) is 0 Å². The number of amides is 2. The lowest BCUT2D eigenvalue weighted by atomic mass is 10.2. The predicted molar refractivity (Wildman–Crippen MR) is 76.8 cm³/mol. The lowest BCUT2D eigenvalue weighted by Gasteiger charge is -2.21. The van der Waals surface area contributed by atoms with Gasteiger partial charge in [0.05, 0.1) is 0 Å².